The summed E-state index contributed by atoms with van der Waals surface area (Å²) in [6.07, 6.45) is 7.56. The summed E-state index contributed by atoms with van der Waals surface area (Å²) < 4.78 is 13.3. The predicted molar refractivity (Wildman–Crippen MR) is 87.0 cm³/mol. The highest BCUT2D eigenvalue weighted by molar-refractivity contribution is 5.93. The van der Waals surface area contributed by atoms with Crippen LogP contribution >= 0.6 is 0 Å². The first-order valence-corrected chi connectivity index (χ1v) is 7.93. The molecule has 22 heavy (non-hydrogen) atoms. The maximum Gasteiger partial charge on any atom is 0.222 e. The summed E-state index contributed by atoms with van der Waals surface area (Å²) in [5.41, 5.74) is 3.17. The van der Waals surface area contributed by atoms with Gasteiger partial charge in [-0.05, 0) is 36.6 Å². The largest absolute Gasteiger partial charge is 0.360 e. The highest BCUT2D eigenvalue weighted by Crippen LogP contribution is 2.29. The molecule has 0 saturated heterocycles. The van der Waals surface area contributed by atoms with Crippen LogP contribution in [0.15, 0.2) is 30.5 Å². The Kier molecular flexibility index (Phi) is 4.27. The van der Waals surface area contributed by atoms with E-state index < -0.39 is 0 Å². The molecule has 1 N–H and O–H groups in total. The van der Waals surface area contributed by atoms with Gasteiger partial charge in [0.05, 0.1) is 0 Å². The SMILES string of the molecule is CCCCC(=O)N1CC=C(c2c[nH]c3cc(F)ccc23)CC1. The van der Waals surface area contributed by atoms with Gasteiger partial charge in [-0.15, -0.1) is 0 Å². The van der Waals surface area contributed by atoms with Crippen LogP contribution in [0.2, 0.25) is 0 Å². The minimum Gasteiger partial charge on any atom is -0.360 e. The number of nitrogens with zero attached hydrogens (tertiary/aromatic N) is 1. The summed E-state index contributed by atoms with van der Waals surface area (Å²) in [4.78, 5) is 17.1. The molecule has 0 fully saturated rings. The predicted octanol–water partition coefficient (Wildman–Crippen LogP) is 4.11. The standard InChI is InChI=1S/C18H21FN2O/c1-2-3-4-18(22)21-9-7-13(8-10-21)16-12-20-17-11-14(19)5-6-15(16)17/h5-7,11-12,20H,2-4,8-10H2,1H3. The number of aromatic nitrogens is 1. The van der Waals surface area contributed by atoms with Crippen molar-refractivity contribution >= 4 is 22.4 Å². The van der Waals surface area contributed by atoms with Crippen LogP contribution in [-0.4, -0.2) is 28.9 Å². The van der Waals surface area contributed by atoms with E-state index in [0.29, 0.717) is 13.0 Å². The third-order valence-electron chi connectivity index (χ3n) is 4.30. The van der Waals surface area contributed by atoms with Crippen molar-refractivity contribution in [2.75, 3.05) is 13.1 Å². The number of H-pyrrole nitrogens is 1. The molecule has 1 aliphatic heterocycles. The number of carbonyl (C=O) groups is 1. The van der Waals surface area contributed by atoms with Crippen LogP contribution in [0, 0.1) is 5.82 Å². The Bertz CT molecular complexity index is 717. The maximum atomic E-state index is 13.3. The van der Waals surface area contributed by atoms with Gasteiger partial charge < -0.3 is 9.88 Å². The van der Waals surface area contributed by atoms with Crippen LogP contribution in [0.1, 0.15) is 38.2 Å². The normalized spacial score (nSPS) is 15.2. The lowest BCUT2D eigenvalue weighted by Gasteiger charge is -2.26. The van der Waals surface area contributed by atoms with Crippen molar-refractivity contribution in [3.05, 3.63) is 41.9 Å². The smallest absolute Gasteiger partial charge is 0.222 e. The van der Waals surface area contributed by atoms with E-state index in [2.05, 4.69) is 18.0 Å². The zero-order valence-electron chi connectivity index (χ0n) is 12.9. The molecule has 0 aliphatic carbocycles. The van der Waals surface area contributed by atoms with Gasteiger partial charge in [0, 0.05) is 42.2 Å². The molecular weight excluding hydrogens is 279 g/mol. The van der Waals surface area contributed by atoms with Crippen LogP contribution in [0.4, 0.5) is 4.39 Å². The lowest BCUT2D eigenvalue weighted by atomic mass is 9.98. The van der Waals surface area contributed by atoms with E-state index in [4.69, 9.17) is 0 Å². The molecule has 2 heterocycles. The summed E-state index contributed by atoms with van der Waals surface area (Å²) in [5, 5.41) is 1.04. The first-order valence-electron chi connectivity index (χ1n) is 7.93. The monoisotopic (exact) mass is 300 g/mol. The summed E-state index contributed by atoms with van der Waals surface area (Å²) in [7, 11) is 0. The van der Waals surface area contributed by atoms with Gasteiger partial charge in [0.2, 0.25) is 5.91 Å². The number of fused-ring (bicyclic) bond motifs is 1. The van der Waals surface area contributed by atoms with Gasteiger partial charge >= 0.3 is 0 Å². The van der Waals surface area contributed by atoms with Gasteiger partial charge in [-0.3, -0.25) is 4.79 Å². The fourth-order valence-corrected chi connectivity index (χ4v) is 2.99. The van der Waals surface area contributed by atoms with Crippen LogP contribution in [0.5, 0.6) is 0 Å². The van der Waals surface area contributed by atoms with Crippen molar-refractivity contribution in [1.29, 1.82) is 0 Å². The molecule has 1 aromatic carbocycles. The van der Waals surface area contributed by atoms with Crippen molar-refractivity contribution in [3.8, 4) is 0 Å². The summed E-state index contributed by atoms with van der Waals surface area (Å²) in [6, 6.07) is 4.82. The summed E-state index contributed by atoms with van der Waals surface area (Å²) >= 11 is 0. The molecule has 116 valence electrons. The fraction of sp³-hybridized carbons (Fsp3) is 0.389. The molecule has 0 unspecified atom stereocenters. The van der Waals surface area contributed by atoms with Crippen molar-refractivity contribution in [1.82, 2.24) is 9.88 Å². The molecule has 1 amide bonds. The molecule has 0 spiro atoms. The Labute approximate surface area is 129 Å². The molecule has 3 nitrogen and oxygen atoms in total. The first-order chi connectivity index (χ1) is 10.7. The summed E-state index contributed by atoms with van der Waals surface area (Å²) in [6.45, 7) is 3.54. The Morgan fingerprint density at radius 3 is 3.00 bits per heavy atom. The lowest BCUT2D eigenvalue weighted by molar-refractivity contribution is -0.130. The average Bonchev–Trinajstić information content (AvgIpc) is 2.95. The van der Waals surface area contributed by atoms with E-state index >= 15 is 0 Å². The van der Waals surface area contributed by atoms with Gasteiger partial charge in [0.1, 0.15) is 5.82 Å². The number of carbonyl (C=O) groups excluding carboxylic acids is 1. The van der Waals surface area contributed by atoms with E-state index in [-0.39, 0.29) is 11.7 Å². The number of hydrogen-bond acceptors (Lipinski definition) is 1. The Morgan fingerprint density at radius 2 is 2.27 bits per heavy atom. The van der Waals surface area contributed by atoms with Gasteiger partial charge in [-0.25, -0.2) is 4.39 Å². The van der Waals surface area contributed by atoms with Gasteiger partial charge in [0.15, 0.2) is 0 Å². The van der Waals surface area contributed by atoms with Gasteiger partial charge in [-0.2, -0.15) is 0 Å². The van der Waals surface area contributed by atoms with E-state index in [1.807, 2.05) is 17.2 Å². The fourth-order valence-electron chi connectivity index (χ4n) is 2.99. The molecule has 0 radical (unpaired) electrons. The molecule has 0 bridgehead atoms. The van der Waals surface area contributed by atoms with Gasteiger partial charge in [-0.1, -0.05) is 19.4 Å². The second-order valence-corrected chi connectivity index (χ2v) is 5.81. The lowest BCUT2D eigenvalue weighted by Crippen LogP contribution is -2.34. The molecular formula is C18H21FN2O. The number of aromatic amines is 1. The van der Waals surface area contributed by atoms with E-state index in [9.17, 15) is 9.18 Å². The average molecular weight is 300 g/mol. The van der Waals surface area contributed by atoms with E-state index in [0.717, 1.165) is 42.3 Å². The quantitative estimate of drug-likeness (QED) is 0.906. The number of amides is 1. The molecule has 2 aromatic rings. The topological polar surface area (TPSA) is 36.1 Å². The Balaban J connectivity index is 1.76. The van der Waals surface area contributed by atoms with Crippen molar-refractivity contribution < 1.29 is 9.18 Å². The minimum absolute atomic E-state index is 0.230. The van der Waals surface area contributed by atoms with Crippen LogP contribution < -0.4 is 0 Å². The van der Waals surface area contributed by atoms with Crippen molar-refractivity contribution in [3.63, 3.8) is 0 Å². The number of unbranched alkanes of at least 4 members (excludes halogenated alkanes) is 1. The summed E-state index contributed by atoms with van der Waals surface area (Å²) in [5.74, 6) is 0.0179. The first kappa shape index (κ1) is 14.8. The molecule has 0 saturated carbocycles. The van der Waals surface area contributed by atoms with E-state index in [1.165, 1.54) is 17.7 Å². The van der Waals surface area contributed by atoms with E-state index in [1.54, 1.807) is 0 Å². The number of hydrogen-bond donors (Lipinski definition) is 1. The minimum atomic E-state index is -0.230. The van der Waals surface area contributed by atoms with Crippen LogP contribution in [-0.2, 0) is 4.79 Å². The second kappa shape index (κ2) is 6.34. The molecule has 1 aromatic heterocycles. The molecule has 4 heteroatoms. The second-order valence-electron chi connectivity index (χ2n) is 5.81. The maximum absolute atomic E-state index is 13.3. The Hall–Kier alpha value is -2.10. The number of rotatable bonds is 4. The third-order valence-corrected chi connectivity index (χ3v) is 4.30. The van der Waals surface area contributed by atoms with Gasteiger partial charge in [0.25, 0.3) is 0 Å². The highest BCUT2D eigenvalue weighted by atomic mass is 19.1. The third kappa shape index (κ3) is 2.91. The number of benzene rings is 1. The molecule has 1 aliphatic rings. The number of nitrogens with one attached hydrogen (secondary N) is 1. The van der Waals surface area contributed by atoms with Crippen molar-refractivity contribution in [2.45, 2.75) is 32.6 Å². The number of halogens is 1. The zero-order chi connectivity index (χ0) is 15.5. The Morgan fingerprint density at radius 1 is 1.41 bits per heavy atom. The zero-order valence-corrected chi connectivity index (χ0v) is 12.9. The van der Waals surface area contributed by atoms with Crippen LogP contribution in [0.25, 0.3) is 16.5 Å². The molecule has 3 rings (SSSR count). The van der Waals surface area contributed by atoms with Crippen LogP contribution in [0.3, 0.4) is 0 Å². The molecule has 0 atom stereocenters. The van der Waals surface area contributed by atoms with Crippen molar-refractivity contribution in [2.24, 2.45) is 0 Å². The highest BCUT2D eigenvalue weighted by Gasteiger charge is 2.18.